The van der Waals surface area contributed by atoms with Crippen LogP contribution in [0.4, 0.5) is 4.79 Å². The molecular weight excluding hydrogens is 260 g/mol. The first-order valence-electron chi connectivity index (χ1n) is 7.33. The summed E-state index contributed by atoms with van der Waals surface area (Å²) >= 11 is 1.71. The minimum Gasteiger partial charge on any atom is -0.326 e. The normalized spacial score (nSPS) is 25.5. The van der Waals surface area contributed by atoms with Gasteiger partial charge in [0.2, 0.25) is 0 Å². The Bertz CT molecular complexity index is 327. The van der Waals surface area contributed by atoms with Crippen LogP contribution in [0.2, 0.25) is 0 Å². The molecule has 1 aliphatic heterocycles. The van der Waals surface area contributed by atoms with Crippen LogP contribution in [0.1, 0.15) is 44.9 Å². The quantitative estimate of drug-likeness (QED) is 0.623. The van der Waals surface area contributed by atoms with Crippen molar-refractivity contribution in [1.82, 2.24) is 10.2 Å². The van der Waals surface area contributed by atoms with Gasteiger partial charge in [0, 0.05) is 6.54 Å². The minimum atomic E-state index is -0.286. The first-order valence-corrected chi connectivity index (χ1v) is 8.72. The summed E-state index contributed by atoms with van der Waals surface area (Å²) < 4.78 is 0. The number of urea groups is 1. The lowest BCUT2D eigenvalue weighted by atomic mass is 10.00. The number of carbonyl (C=O) groups is 2. The van der Waals surface area contributed by atoms with Gasteiger partial charge in [-0.2, -0.15) is 11.8 Å². The van der Waals surface area contributed by atoms with Crippen molar-refractivity contribution < 1.29 is 9.59 Å². The van der Waals surface area contributed by atoms with Gasteiger partial charge in [-0.05, 0) is 37.2 Å². The van der Waals surface area contributed by atoms with Crippen LogP contribution in [0.5, 0.6) is 0 Å². The predicted molar refractivity (Wildman–Crippen MR) is 78.2 cm³/mol. The number of hydrogen-bond donors (Lipinski definition) is 1. The van der Waals surface area contributed by atoms with Gasteiger partial charge in [0.15, 0.2) is 0 Å². The van der Waals surface area contributed by atoms with Gasteiger partial charge in [-0.3, -0.25) is 9.69 Å². The molecule has 1 heterocycles. The molecule has 2 fully saturated rings. The Labute approximate surface area is 119 Å². The summed E-state index contributed by atoms with van der Waals surface area (Å²) in [6, 6.07) is -0.467. The van der Waals surface area contributed by atoms with E-state index in [0.29, 0.717) is 12.5 Å². The number of imide groups is 1. The molecule has 1 atom stereocenters. The van der Waals surface area contributed by atoms with E-state index in [1.54, 1.807) is 11.8 Å². The molecular formula is C14H24N2O2S. The molecule has 1 saturated heterocycles. The van der Waals surface area contributed by atoms with E-state index in [0.717, 1.165) is 25.0 Å². The van der Waals surface area contributed by atoms with Crippen molar-refractivity contribution in [3.63, 3.8) is 0 Å². The second kappa shape index (κ2) is 7.17. The van der Waals surface area contributed by atoms with E-state index in [4.69, 9.17) is 0 Å². The van der Waals surface area contributed by atoms with Crippen molar-refractivity contribution >= 4 is 23.7 Å². The molecule has 5 heteroatoms. The number of hydrogen-bond acceptors (Lipinski definition) is 3. The fourth-order valence-corrected chi connectivity index (χ4v) is 3.46. The van der Waals surface area contributed by atoms with Crippen LogP contribution in [-0.4, -0.2) is 41.4 Å². The maximum Gasteiger partial charge on any atom is 0.324 e. The lowest BCUT2D eigenvalue weighted by molar-refractivity contribution is -0.128. The highest BCUT2D eigenvalue weighted by Crippen LogP contribution is 2.25. The Hall–Kier alpha value is -0.710. The van der Waals surface area contributed by atoms with E-state index >= 15 is 0 Å². The van der Waals surface area contributed by atoms with Gasteiger partial charge in [-0.25, -0.2) is 4.79 Å². The van der Waals surface area contributed by atoms with Gasteiger partial charge >= 0.3 is 6.03 Å². The third kappa shape index (κ3) is 3.88. The molecule has 0 unspecified atom stereocenters. The van der Waals surface area contributed by atoms with Crippen molar-refractivity contribution in [2.24, 2.45) is 5.92 Å². The van der Waals surface area contributed by atoms with Gasteiger partial charge in [0.1, 0.15) is 6.04 Å². The number of nitrogens with one attached hydrogen (secondary N) is 1. The Morgan fingerprint density at radius 2 is 1.89 bits per heavy atom. The van der Waals surface area contributed by atoms with E-state index in [-0.39, 0.29) is 18.0 Å². The largest absolute Gasteiger partial charge is 0.326 e. The zero-order valence-electron chi connectivity index (χ0n) is 11.7. The Morgan fingerprint density at radius 3 is 2.53 bits per heavy atom. The highest BCUT2D eigenvalue weighted by Gasteiger charge is 2.38. The van der Waals surface area contributed by atoms with Gasteiger partial charge in [-0.1, -0.05) is 25.7 Å². The number of nitrogens with zero attached hydrogens (tertiary/aromatic N) is 1. The van der Waals surface area contributed by atoms with Crippen LogP contribution in [-0.2, 0) is 4.79 Å². The number of rotatable bonds is 5. The van der Waals surface area contributed by atoms with Crippen LogP contribution < -0.4 is 5.32 Å². The maximum absolute atomic E-state index is 12.2. The van der Waals surface area contributed by atoms with Crippen LogP contribution in [0.25, 0.3) is 0 Å². The van der Waals surface area contributed by atoms with Crippen LogP contribution in [0, 0.1) is 5.92 Å². The Morgan fingerprint density at radius 1 is 1.21 bits per heavy atom. The summed E-state index contributed by atoms with van der Waals surface area (Å²) in [6.07, 6.45) is 10.2. The molecule has 0 aromatic carbocycles. The first kappa shape index (κ1) is 14.7. The Balaban J connectivity index is 1.88. The summed E-state index contributed by atoms with van der Waals surface area (Å²) in [5, 5.41) is 2.82. The molecule has 0 bridgehead atoms. The molecule has 4 nitrogen and oxygen atoms in total. The molecule has 0 aromatic rings. The molecule has 19 heavy (non-hydrogen) atoms. The van der Waals surface area contributed by atoms with E-state index in [9.17, 15) is 9.59 Å². The molecule has 0 aromatic heterocycles. The fraction of sp³-hybridized carbons (Fsp3) is 0.857. The monoisotopic (exact) mass is 284 g/mol. The van der Waals surface area contributed by atoms with Crippen molar-refractivity contribution in [3.8, 4) is 0 Å². The van der Waals surface area contributed by atoms with Gasteiger partial charge in [0.25, 0.3) is 5.91 Å². The van der Waals surface area contributed by atoms with Crippen LogP contribution in [0.15, 0.2) is 0 Å². The molecule has 3 amide bonds. The zero-order chi connectivity index (χ0) is 13.7. The molecule has 2 rings (SSSR count). The van der Waals surface area contributed by atoms with E-state index in [1.165, 1.54) is 30.6 Å². The molecule has 1 N–H and O–H groups in total. The van der Waals surface area contributed by atoms with Crippen molar-refractivity contribution in [1.29, 1.82) is 0 Å². The highest BCUT2D eigenvalue weighted by molar-refractivity contribution is 7.98. The van der Waals surface area contributed by atoms with Gasteiger partial charge < -0.3 is 5.32 Å². The third-order valence-electron chi connectivity index (χ3n) is 4.13. The lowest BCUT2D eigenvalue weighted by Crippen LogP contribution is -2.36. The second-order valence-electron chi connectivity index (χ2n) is 5.59. The summed E-state index contributed by atoms with van der Waals surface area (Å²) in [5.74, 6) is 1.41. The standard InChI is InChI=1S/C14H24N2O2S/c1-19-9-8-12-13(17)16(14(18)15-12)10-11-6-4-2-3-5-7-11/h11-12H,2-10H2,1H3,(H,15,18)/t12-/m0/s1. The third-order valence-corrected chi connectivity index (χ3v) is 4.78. The SMILES string of the molecule is CSCC[C@@H]1NC(=O)N(CC2CCCCCC2)C1=O. The zero-order valence-corrected chi connectivity index (χ0v) is 12.5. The molecule has 1 aliphatic carbocycles. The molecule has 108 valence electrons. The van der Waals surface area contributed by atoms with E-state index in [2.05, 4.69) is 5.32 Å². The Kier molecular flexibility index (Phi) is 5.55. The van der Waals surface area contributed by atoms with Crippen molar-refractivity contribution in [2.75, 3.05) is 18.6 Å². The van der Waals surface area contributed by atoms with E-state index < -0.39 is 0 Å². The highest BCUT2D eigenvalue weighted by atomic mass is 32.2. The number of carbonyl (C=O) groups excluding carboxylic acids is 2. The fourth-order valence-electron chi connectivity index (χ4n) is 2.99. The van der Waals surface area contributed by atoms with Crippen molar-refractivity contribution in [3.05, 3.63) is 0 Å². The summed E-state index contributed by atoms with van der Waals surface area (Å²) in [5.41, 5.74) is 0. The van der Waals surface area contributed by atoms with Gasteiger partial charge in [-0.15, -0.1) is 0 Å². The average Bonchev–Trinajstić information content (AvgIpc) is 2.63. The molecule has 2 aliphatic rings. The lowest BCUT2D eigenvalue weighted by Gasteiger charge is -2.20. The minimum absolute atomic E-state index is 0.0108. The van der Waals surface area contributed by atoms with Crippen LogP contribution >= 0.6 is 11.8 Å². The summed E-state index contributed by atoms with van der Waals surface area (Å²) in [4.78, 5) is 25.6. The van der Waals surface area contributed by atoms with Gasteiger partial charge in [0.05, 0.1) is 0 Å². The molecule has 1 saturated carbocycles. The average molecular weight is 284 g/mol. The number of amides is 3. The summed E-state index contributed by atoms with van der Waals surface area (Å²) in [7, 11) is 0. The second-order valence-corrected chi connectivity index (χ2v) is 6.58. The van der Waals surface area contributed by atoms with E-state index in [1.807, 2.05) is 6.26 Å². The van der Waals surface area contributed by atoms with Crippen molar-refractivity contribution in [2.45, 2.75) is 51.0 Å². The first-order chi connectivity index (χ1) is 9.22. The van der Waals surface area contributed by atoms with Crippen LogP contribution in [0.3, 0.4) is 0 Å². The predicted octanol–water partition coefficient (Wildman–Crippen LogP) is 2.63. The topological polar surface area (TPSA) is 49.4 Å². The summed E-state index contributed by atoms with van der Waals surface area (Å²) in [6.45, 7) is 0.625. The molecule has 0 radical (unpaired) electrons. The smallest absolute Gasteiger partial charge is 0.324 e. The maximum atomic E-state index is 12.2. The molecule has 0 spiro atoms. The number of thioether (sulfide) groups is 1.